The number of amides is 1. The van der Waals surface area contributed by atoms with Crippen molar-refractivity contribution in [2.45, 2.75) is 50.6 Å². The van der Waals surface area contributed by atoms with Crippen LogP contribution in [0, 0.1) is 11.3 Å². The van der Waals surface area contributed by atoms with Gasteiger partial charge in [0.05, 0.1) is 12.5 Å². The highest BCUT2D eigenvalue weighted by Crippen LogP contribution is 2.17. The first-order valence-electron chi connectivity index (χ1n) is 5.16. The molecule has 1 atom stereocenters. The van der Waals surface area contributed by atoms with E-state index in [0.717, 1.165) is 12.8 Å². The highest BCUT2D eigenvalue weighted by atomic mass is 16.1. The van der Waals surface area contributed by atoms with Gasteiger partial charge < -0.3 is 5.73 Å². The van der Waals surface area contributed by atoms with Crippen LogP contribution in [0.2, 0.25) is 0 Å². The number of nitriles is 1. The molecule has 1 unspecified atom stereocenters. The van der Waals surface area contributed by atoms with Crippen molar-refractivity contribution in [1.29, 1.82) is 5.26 Å². The van der Waals surface area contributed by atoms with Crippen LogP contribution in [0.15, 0.2) is 0 Å². The lowest BCUT2D eigenvalue weighted by Crippen LogP contribution is -2.40. The summed E-state index contributed by atoms with van der Waals surface area (Å²) in [6, 6.07) is 2.06. The average molecular weight is 195 g/mol. The summed E-state index contributed by atoms with van der Waals surface area (Å²) in [5.41, 5.74) is 5.04. The van der Waals surface area contributed by atoms with Crippen LogP contribution in [0.3, 0.4) is 0 Å². The van der Waals surface area contributed by atoms with Gasteiger partial charge in [-0.3, -0.25) is 10.1 Å². The van der Waals surface area contributed by atoms with Crippen LogP contribution in [0.4, 0.5) is 0 Å². The predicted molar refractivity (Wildman–Crippen MR) is 53.2 cm³/mol. The molecule has 0 aromatic carbocycles. The standard InChI is InChI=1S/C10H17N3O/c11-7-9(6-10(12)14)13-8-4-2-1-3-5-8/h8-9,13H,1-6H2,(H2,12,14). The Bertz CT molecular complexity index is 228. The number of nitrogens with two attached hydrogens (primary N) is 1. The Morgan fingerprint density at radius 1 is 1.50 bits per heavy atom. The second kappa shape index (κ2) is 5.61. The highest BCUT2D eigenvalue weighted by molar-refractivity contribution is 5.74. The minimum Gasteiger partial charge on any atom is -0.370 e. The van der Waals surface area contributed by atoms with Crippen molar-refractivity contribution in [2.75, 3.05) is 0 Å². The van der Waals surface area contributed by atoms with E-state index in [9.17, 15) is 4.79 Å². The maximum Gasteiger partial charge on any atom is 0.220 e. The number of primary amides is 1. The lowest BCUT2D eigenvalue weighted by Gasteiger charge is -2.24. The zero-order chi connectivity index (χ0) is 10.4. The van der Waals surface area contributed by atoms with Crippen LogP contribution >= 0.6 is 0 Å². The Kier molecular flexibility index (Phi) is 4.41. The van der Waals surface area contributed by atoms with Crippen molar-refractivity contribution >= 4 is 5.91 Å². The van der Waals surface area contributed by atoms with Gasteiger partial charge in [0.2, 0.25) is 5.91 Å². The Morgan fingerprint density at radius 3 is 2.64 bits per heavy atom. The molecule has 1 fully saturated rings. The Morgan fingerprint density at radius 2 is 2.14 bits per heavy atom. The van der Waals surface area contributed by atoms with E-state index in [2.05, 4.69) is 11.4 Å². The minimum atomic E-state index is -0.417. The fourth-order valence-electron chi connectivity index (χ4n) is 1.90. The number of nitrogens with zero attached hydrogens (tertiary/aromatic N) is 1. The van der Waals surface area contributed by atoms with E-state index < -0.39 is 11.9 Å². The first kappa shape index (κ1) is 11.0. The summed E-state index contributed by atoms with van der Waals surface area (Å²) in [5.74, 6) is -0.417. The van der Waals surface area contributed by atoms with Gasteiger partial charge in [-0.2, -0.15) is 5.26 Å². The molecule has 4 nitrogen and oxygen atoms in total. The van der Waals surface area contributed by atoms with E-state index in [4.69, 9.17) is 11.0 Å². The summed E-state index contributed by atoms with van der Waals surface area (Å²) in [6.07, 6.45) is 6.05. The molecule has 1 aliphatic carbocycles. The number of hydrogen-bond donors (Lipinski definition) is 2. The molecule has 1 amide bonds. The molecule has 1 saturated carbocycles. The average Bonchev–Trinajstić information content (AvgIpc) is 2.17. The third kappa shape index (κ3) is 3.75. The summed E-state index contributed by atoms with van der Waals surface area (Å²) in [6.45, 7) is 0. The van der Waals surface area contributed by atoms with E-state index in [1.807, 2.05) is 0 Å². The number of rotatable bonds is 4. The maximum absolute atomic E-state index is 10.6. The predicted octanol–water partition coefficient (Wildman–Crippen LogP) is 0.676. The molecule has 0 spiro atoms. The molecule has 14 heavy (non-hydrogen) atoms. The van der Waals surface area contributed by atoms with Crippen LogP contribution in [-0.4, -0.2) is 18.0 Å². The quantitative estimate of drug-likeness (QED) is 0.692. The van der Waals surface area contributed by atoms with Gasteiger partial charge in [-0.25, -0.2) is 0 Å². The molecular weight excluding hydrogens is 178 g/mol. The molecule has 0 aromatic rings. The van der Waals surface area contributed by atoms with Gasteiger partial charge in [-0.1, -0.05) is 19.3 Å². The van der Waals surface area contributed by atoms with Gasteiger partial charge in [-0.05, 0) is 12.8 Å². The van der Waals surface area contributed by atoms with Gasteiger partial charge >= 0.3 is 0 Å². The molecule has 0 aliphatic heterocycles. The molecule has 3 N–H and O–H groups in total. The minimum absolute atomic E-state index is 0.118. The molecule has 1 rings (SSSR count). The summed E-state index contributed by atoms with van der Waals surface area (Å²) in [5, 5.41) is 12.0. The SMILES string of the molecule is N#CC(CC(N)=O)NC1CCCCC1. The van der Waals surface area contributed by atoms with Gasteiger partial charge in [0, 0.05) is 6.04 Å². The van der Waals surface area contributed by atoms with Crippen molar-refractivity contribution in [2.24, 2.45) is 5.73 Å². The topological polar surface area (TPSA) is 78.9 Å². The Labute approximate surface area is 84.5 Å². The number of carbonyl (C=O) groups is 1. The van der Waals surface area contributed by atoms with Gasteiger partial charge in [0.15, 0.2) is 0 Å². The summed E-state index contributed by atoms with van der Waals surface area (Å²) in [7, 11) is 0. The molecule has 0 saturated heterocycles. The zero-order valence-corrected chi connectivity index (χ0v) is 8.33. The monoisotopic (exact) mass is 195 g/mol. The number of hydrogen-bond acceptors (Lipinski definition) is 3. The normalized spacial score (nSPS) is 19.9. The van der Waals surface area contributed by atoms with Crippen molar-refractivity contribution in [3.63, 3.8) is 0 Å². The van der Waals surface area contributed by atoms with Crippen molar-refractivity contribution in [3.8, 4) is 6.07 Å². The van der Waals surface area contributed by atoms with E-state index >= 15 is 0 Å². The van der Waals surface area contributed by atoms with E-state index in [1.54, 1.807) is 0 Å². The van der Waals surface area contributed by atoms with Crippen LogP contribution < -0.4 is 11.1 Å². The molecule has 0 radical (unpaired) electrons. The molecule has 4 heteroatoms. The van der Waals surface area contributed by atoms with Crippen LogP contribution in [0.1, 0.15) is 38.5 Å². The second-order valence-corrected chi connectivity index (χ2v) is 3.85. The summed E-state index contributed by atoms with van der Waals surface area (Å²) in [4.78, 5) is 10.6. The van der Waals surface area contributed by atoms with E-state index in [0.29, 0.717) is 6.04 Å². The van der Waals surface area contributed by atoms with Crippen molar-refractivity contribution < 1.29 is 4.79 Å². The first-order chi connectivity index (χ1) is 6.72. The molecule has 78 valence electrons. The second-order valence-electron chi connectivity index (χ2n) is 3.85. The lowest BCUT2D eigenvalue weighted by atomic mass is 9.94. The fraction of sp³-hybridized carbons (Fsp3) is 0.800. The Balaban J connectivity index is 2.32. The third-order valence-electron chi connectivity index (χ3n) is 2.60. The van der Waals surface area contributed by atoms with Gasteiger partial charge in [0.1, 0.15) is 6.04 Å². The molecule has 0 bridgehead atoms. The first-order valence-corrected chi connectivity index (χ1v) is 5.16. The highest BCUT2D eigenvalue weighted by Gasteiger charge is 2.18. The zero-order valence-electron chi connectivity index (χ0n) is 8.33. The lowest BCUT2D eigenvalue weighted by molar-refractivity contribution is -0.118. The number of carbonyl (C=O) groups excluding carboxylic acids is 1. The maximum atomic E-state index is 10.6. The van der Waals surface area contributed by atoms with Crippen LogP contribution in [0.5, 0.6) is 0 Å². The Hall–Kier alpha value is -1.08. The van der Waals surface area contributed by atoms with Crippen molar-refractivity contribution in [1.82, 2.24) is 5.32 Å². The van der Waals surface area contributed by atoms with Crippen LogP contribution in [0.25, 0.3) is 0 Å². The smallest absolute Gasteiger partial charge is 0.220 e. The summed E-state index contributed by atoms with van der Waals surface area (Å²) < 4.78 is 0. The molecule has 0 aromatic heterocycles. The van der Waals surface area contributed by atoms with E-state index in [-0.39, 0.29) is 6.42 Å². The van der Waals surface area contributed by atoms with Crippen molar-refractivity contribution in [3.05, 3.63) is 0 Å². The largest absolute Gasteiger partial charge is 0.370 e. The molecular formula is C10H17N3O. The third-order valence-corrected chi connectivity index (χ3v) is 2.60. The van der Waals surface area contributed by atoms with Gasteiger partial charge in [0.25, 0.3) is 0 Å². The fourth-order valence-corrected chi connectivity index (χ4v) is 1.90. The number of nitrogens with one attached hydrogen (secondary N) is 1. The van der Waals surface area contributed by atoms with E-state index in [1.165, 1.54) is 19.3 Å². The van der Waals surface area contributed by atoms with Crippen LogP contribution in [-0.2, 0) is 4.79 Å². The summed E-state index contributed by atoms with van der Waals surface area (Å²) >= 11 is 0. The molecule has 0 heterocycles. The van der Waals surface area contributed by atoms with Gasteiger partial charge in [-0.15, -0.1) is 0 Å². The molecule has 1 aliphatic rings.